The number of guanidine groups is 1. The summed E-state index contributed by atoms with van der Waals surface area (Å²) in [5.74, 6) is 1.28. The Balaban J connectivity index is 1.97. The summed E-state index contributed by atoms with van der Waals surface area (Å²) in [5, 5.41) is 13.5. The first-order valence-electron chi connectivity index (χ1n) is 9.97. The molecule has 1 fully saturated rings. The summed E-state index contributed by atoms with van der Waals surface area (Å²) in [6.45, 7) is 12.6. The van der Waals surface area contributed by atoms with E-state index in [2.05, 4.69) is 61.1 Å². The smallest absolute Gasteiger partial charge is 0.194 e. The van der Waals surface area contributed by atoms with Crippen molar-refractivity contribution in [3.8, 4) is 0 Å². The van der Waals surface area contributed by atoms with Crippen molar-refractivity contribution in [1.82, 2.24) is 10.2 Å². The zero-order chi connectivity index (χ0) is 19.6. The van der Waals surface area contributed by atoms with Crippen LogP contribution < -0.4 is 5.32 Å². The lowest BCUT2D eigenvalue weighted by atomic mass is 10.0. The molecule has 2 N–H and O–H groups in total. The average Bonchev–Trinajstić information content (AvgIpc) is 2.65. The van der Waals surface area contributed by atoms with Gasteiger partial charge >= 0.3 is 0 Å². The summed E-state index contributed by atoms with van der Waals surface area (Å²) in [6, 6.07) is 8.35. The molecular weight excluding hydrogens is 342 g/mol. The van der Waals surface area contributed by atoms with Crippen molar-refractivity contribution in [2.75, 3.05) is 46.0 Å². The number of aryl methyl sites for hydroxylation is 1. The van der Waals surface area contributed by atoms with Crippen LogP contribution in [-0.2, 0) is 9.47 Å². The number of hydrogen-bond donors (Lipinski definition) is 2. The zero-order valence-electron chi connectivity index (χ0n) is 17.1. The highest BCUT2D eigenvalue weighted by Crippen LogP contribution is 2.24. The molecule has 1 saturated heterocycles. The second-order valence-electron chi connectivity index (χ2n) is 7.44. The Hall–Kier alpha value is -1.63. The van der Waals surface area contributed by atoms with Gasteiger partial charge in [-0.1, -0.05) is 38.1 Å². The van der Waals surface area contributed by atoms with Crippen LogP contribution in [0.4, 0.5) is 0 Å². The number of aliphatic hydroxyl groups excluding tert-OH is 1. The molecule has 1 aromatic rings. The normalized spacial score (nSPS) is 19.4. The van der Waals surface area contributed by atoms with Gasteiger partial charge in [-0.3, -0.25) is 4.99 Å². The van der Waals surface area contributed by atoms with Crippen LogP contribution in [0.15, 0.2) is 29.3 Å². The number of benzene rings is 1. The van der Waals surface area contributed by atoms with Crippen LogP contribution in [0.3, 0.4) is 0 Å². The molecule has 1 aliphatic rings. The summed E-state index contributed by atoms with van der Waals surface area (Å²) in [4.78, 5) is 6.85. The lowest BCUT2D eigenvalue weighted by Crippen LogP contribution is -2.48. The SMILES string of the molecule is CCNC(=NCC(O)COCC(C)C)N1CCOC(c2ccccc2C)C1. The number of ether oxygens (including phenoxy) is 2. The third-order valence-electron chi connectivity index (χ3n) is 4.45. The second kappa shape index (κ2) is 11.3. The molecule has 0 aromatic heterocycles. The van der Waals surface area contributed by atoms with Crippen molar-refractivity contribution >= 4 is 5.96 Å². The number of rotatable bonds is 8. The van der Waals surface area contributed by atoms with E-state index in [-0.39, 0.29) is 6.10 Å². The van der Waals surface area contributed by atoms with Crippen LogP contribution in [0.25, 0.3) is 0 Å². The van der Waals surface area contributed by atoms with Gasteiger partial charge in [0.2, 0.25) is 0 Å². The second-order valence-corrected chi connectivity index (χ2v) is 7.44. The van der Waals surface area contributed by atoms with Crippen LogP contribution in [0, 0.1) is 12.8 Å². The monoisotopic (exact) mass is 377 g/mol. The Labute approximate surface area is 163 Å². The highest BCUT2D eigenvalue weighted by atomic mass is 16.5. The van der Waals surface area contributed by atoms with Crippen LogP contribution >= 0.6 is 0 Å². The highest BCUT2D eigenvalue weighted by Gasteiger charge is 2.25. The third kappa shape index (κ3) is 7.13. The minimum atomic E-state index is -0.592. The Bertz CT molecular complexity index is 592. The summed E-state index contributed by atoms with van der Waals surface area (Å²) in [6.07, 6.45) is -0.561. The fourth-order valence-electron chi connectivity index (χ4n) is 3.09. The van der Waals surface area contributed by atoms with Crippen molar-refractivity contribution in [2.45, 2.75) is 39.9 Å². The molecule has 0 amide bonds. The summed E-state index contributed by atoms with van der Waals surface area (Å²) < 4.78 is 11.5. The van der Waals surface area contributed by atoms with E-state index < -0.39 is 6.10 Å². The van der Waals surface area contributed by atoms with Crippen molar-refractivity contribution in [2.24, 2.45) is 10.9 Å². The average molecular weight is 378 g/mol. The standard InChI is InChI=1S/C21H35N3O3/c1-5-22-21(23-12-18(25)15-26-14-16(2)3)24-10-11-27-20(13-24)19-9-7-6-8-17(19)4/h6-9,16,18,20,25H,5,10-15H2,1-4H3,(H,22,23). The minimum absolute atomic E-state index is 0.0307. The molecule has 1 heterocycles. The number of aliphatic hydroxyl groups is 1. The van der Waals surface area contributed by atoms with Gasteiger partial charge in [-0.2, -0.15) is 0 Å². The van der Waals surface area contributed by atoms with Crippen LogP contribution in [-0.4, -0.2) is 68.1 Å². The van der Waals surface area contributed by atoms with Gasteiger partial charge in [-0.05, 0) is 30.9 Å². The Morgan fingerprint density at radius 3 is 2.85 bits per heavy atom. The first-order chi connectivity index (χ1) is 13.0. The molecular formula is C21H35N3O3. The van der Waals surface area contributed by atoms with Gasteiger partial charge in [0.05, 0.1) is 32.4 Å². The highest BCUT2D eigenvalue weighted by molar-refractivity contribution is 5.80. The van der Waals surface area contributed by atoms with E-state index >= 15 is 0 Å². The lowest BCUT2D eigenvalue weighted by molar-refractivity contribution is -0.00857. The fraction of sp³-hybridized carbons (Fsp3) is 0.667. The van der Waals surface area contributed by atoms with Crippen molar-refractivity contribution < 1.29 is 14.6 Å². The van der Waals surface area contributed by atoms with Gasteiger partial charge in [-0.25, -0.2) is 0 Å². The quantitative estimate of drug-likeness (QED) is 0.538. The molecule has 1 aliphatic heterocycles. The van der Waals surface area contributed by atoms with Crippen LogP contribution in [0.5, 0.6) is 0 Å². The molecule has 6 nitrogen and oxygen atoms in total. The molecule has 2 atom stereocenters. The van der Waals surface area contributed by atoms with E-state index in [0.717, 1.165) is 25.6 Å². The lowest BCUT2D eigenvalue weighted by Gasteiger charge is -2.36. The number of nitrogens with zero attached hydrogens (tertiary/aromatic N) is 2. The maximum atomic E-state index is 10.1. The predicted octanol–water partition coefficient (Wildman–Crippen LogP) is 2.37. The third-order valence-corrected chi connectivity index (χ3v) is 4.45. The molecule has 0 saturated carbocycles. The molecule has 0 radical (unpaired) electrons. The molecule has 0 aliphatic carbocycles. The largest absolute Gasteiger partial charge is 0.389 e. The maximum absolute atomic E-state index is 10.1. The van der Waals surface area contributed by atoms with Crippen molar-refractivity contribution in [1.29, 1.82) is 0 Å². The van der Waals surface area contributed by atoms with Gasteiger partial charge in [0.25, 0.3) is 0 Å². The maximum Gasteiger partial charge on any atom is 0.194 e. The summed E-state index contributed by atoms with van der Waals surface area (Å²) >= 11 is 0. The number of hydrogen-bond acceptors (Lipinski definition) is 4. The van der Waals surface area contributed by atoms with E-state index in [9.17, 15) is 5.11 Å². The van der Waals surface area contributed by atoms with E-state index in [0.29, 0.717) is 32.3 Å². The van der Waals surface area contributed by atoms with E-state index in [1.165, 1.54) is 11.1 Å². The molecule has 0 bridgehead atoms. The van der Waals surface area contributed by atoms with E-state index in [4.69, 9.17) is 9.47 Å². The molecule has 1 aromatic carbocycles. The van der Waals surface area contributed by atoms with Crippen molar-refractivity contribution in [3.05, 3.63) is 35.4 Å². The van der Waals surface area contributed by atoms with E-state index in [1.54, 1.807) is 0 Å². The molecule has 6 heteroatoms. The first-order valence-corrected chi connectivity index (χ1v) is 9.97. The summed E-state index contributed by atoms with van der Waals surface area (Å²) in [5.41, 5.74) is 2.46. The van der Waals surface area contributed by atoms with Gasteiger partial charge in [0.1, 0.15) is 6.10 Å². The number of morpholine rings is 1. The Morgan fingerprint density at radius 2 is 2.15 bits per heavy atom. The van der Waals surface area contributed by atoms with Gasteiger partial charge in [0.15, 0.2) is 5.96 Å². The molecule has 152 valence electrons. The van der Waals surface area contributed by atoms with Gasteiger partial charge in [-0.15, -0.1) is 0 Å². The van der Waals surface area contributed by atoms with Crippen LogP contribution in [0.1, 0.15) is 38.0 Å². The minimum Gasteiger partial charge on any atom is -0.389 e. The van der Waals surface area contributed by atoms with Crippen LogP contribution in [0.2, 0.25) is 0 Å². The predicted molar refractivity (Wildman–Crippen MR) is 109 cm³/mol. The molecule has 2 rings (SSSR count). The van der Waals surface area contributed by atoms with Gasteiger partial charge in [0, 0.05) is 19.7 Å². The Kier molecular flexibility index (Phi) is 9.04. The zero-order valence-corrected chi connectivity index (χ0v) is 17.1. The van der Waals surface area contributed by atoms with Gasteiger partial charge < -0.3 is 24.8 Å². The Morgan fingerprint density at radius 1 is 1.37 bits per heavy atom. The fourth-order valence-corrected chi connectivity index (χ4v) is 3.09. The summed E-state index contributed by atoms with van der Waals surface area (Å²) in [7, 11) is 0. The van der Waals surface area contributed by atoms with Crippen molar-refractivity contribution in [3.63, 3.8) is 0 Å². The molecule has 2 unspecified atom stereocenters. The number of nitrogens with one attached hydrogen (secondary N) is 1. The number of aliphatic imine (C=N–C) groups is 1. The topological polar surface area (TPSA) is 66.3 Å². The first kappa shape index (κ1) is 21.7. The van der Waals surface area contributed by atoms with E-state index in [1.807, 2.05) is 6.07 Å². The molecule has 0 spiro atoms. The molecule has 27 heavy (non-hydrogen) atoms.